The first-order chi connectivity index (χ1) is 6.00. The van der Waals surface area contributed by atoms with Crippen molar-refractivity contribution in [1.29, 1.82) is 0 Å². The predicted octanol–water partition coefficient (Wildman–Crippen LogP) is 2.11. The van der Waals surface area contributed by atoms with Crippen molar-refractivity contribution in [3.63, 3.8) is 0 Å². The fourth-order valence-corrected chi connectivity index (χ4v) is 0.936. The summed E-state index contributed by atoms with van der Waals surface area (Å²) in [5, 5.41) is 1.61. The molecule has 3 nitrogen and oxygen atoms in total. The number of benzene rings is 1. The van der Waals surface area contributed by atoms with E-state index in [0.29, 0.717) is 6.07 Å². The van der Waals surface area contributed by atoms with Crippen LogP contribution >= 0.6 is 11.6 Å². The van der Waals surface area contributed by atoms with Crippen LogP contribution < -0.4 is 11.1 Å². The summed E-state index contributed by atoms with van der Waals surface area (Å²) in [4.78, 5) is 10.4. The van der Waals surface area contributed by atoms with Gasteiger partial charge < -0.3 is 11.1 Å². The standard InChI is InChI=1S/C7H5ClF2N2O/c8-6-4(10)1-3(9)2-5(6)12-7(11)13/h1-2H,(H3,11,12,13). The normalized spacial score (nSPS) is 9.77. The maximum atomic E-state index is 12.7. The summed E-state index contributed by atoms with van der Waals surface area (Å²) in [7, 11) is 0. The Labute approximate surface area is 77.5 Å². The number of urea groups is 1. The van der Waals surface area contributed by atoms with Crippen molar-refractivity contribution >= 4 is 23.3 Å². The molecule has 1 aromatic carbocycles. The second-order valence-electron chi connectivity index (χ2n) is 2.24. The number of carbonyl (C=O) groups is 1. The molecule has 0 aliphatic heterocycles. The van der Waals surface area contributed by atoms with Crippen LogP contribution in [0.5, 0.6) is 0 Å². The van der Waals surface area contributed by atoms with Crippen molar-refractivity contribution in [3.8, 4) is 0 Å². The highest BCUT2D eigenvalue weighted by Gasteiger charge is 2.09. The average molecular weight is 207 g/mol. The largest absolute Gasteiger partial charge is 0.351 e. The molecular formula is C7H5ClF2N2O. The first-order valence-electron chi connectivity index (χ1n) is 3.21. The number of hydrogen-bond donors (Lipinski definition) is 2. The van der Waals surface area contributed by atoms with Crippen LogP contribution in [0, 0.1) is 11.6 Å². The molecule has 1 aromatic rings. The van der Waals surface area contributed by atoms with Gasteiger partial charge >= 0.3 is 6.03 Å². The Balaban J connectivity index is 3.12. The van der Waals surface area contributed by atoms with Crippen LogP contribution in [0.15, 0.2) is 12.1 Å². The van der Waals surface area contributed by atoms with Gasteiger partial charge in [0, 0.05) is 6.07 Å². The lowest BCUT2D eigenvalue weighted by Gasteiger charge is -2.04. The van der Waals surface area contributed by atoms with Crippen LogP contribution in [0.1, 0.15) is 0 Å². The molecule has 0 radical (unpaired) electrons. The van der Waals surface area contributed by atoms with E-state index in [1.165, 1.54) is 0 Å². The van der Waals surface area contributed by atoms with Crippen LogP contribution in [-0.2, 0) is 0 Å². The Morgan fingerprint density at radius 3 is 2.62 bits per heavy atom. The molecule has 0 unspecified atom stereocenters. The van der Waals surface area contributed by atoms with Crippen molar-refractivity contribution in [3.05, 3.63) is 28.8 Å². The smallest absolute Gasteiger partial charge is 0.316 e. The van der Waals surface area contributed by atoms with E-state index in [1.807, 2.05) is 5.32 Å². The summed E-state index contributed by atoms with van der Waals surface area (Å²) in [5.74, 6) is -1.80. The number of nitrogens with one attached hydrogen (secondary N) is 1. The van der Waals surface area contributed by atoms with E-state index >= 15 is 0 Å². The number of rotatable bonds is 1. The zero-order chi connectivity index (χ0) is 10.0. The second-order valence-corrected chi connectivity index (χ2v) is 2.62. The van der Waals surface area contributed by atoms with E-state index in [9.17, 15) is 13.6 Å². The molecular weight excluding hydrogens is 202 g/mol. The number of amides is 2. The average Bonchev–Trinajstić information content (AvgIpc) is 1.98. The third-order valence-corrected chi connectivity index (χ3v) is 1.63. The molecule has 6 heteroatoms. The van der Waals surface area contributed by atoms with Gasteiger partial charge in [-0.2, -0.15) is 0 Å². The summed E-state index contributed by atoms with van der Waals surface area (Å²) < 4.78 is 25.3. The lowest BCUT2D eigenvalue weighted by Crippen LogP contribution is -2.19. The van der Waals surface area contributed by atoms with Crippen molar-refractivity contribution < 1.29 is 13.6 Å². The van der Waals surface area contributed by atoms with Crippen molar-refractivity contribution in [2.45, 2.75) is 0 Å². The minimum atomic E-state index is -0.953. The molecule has 0 saturated heterocycles. The zero-order valence-electron chi connectivity index (χ0n) is 6.27. The molecule has 0 atom stereocenters. The van der Waals surface area contributed by atoms with E-state index < -0.39 is 17.7 Å². The second kappa shape index (κ2) is 3.57. The predicted molar refractivity (Wildman–Crippen MR) is 44.6 cm³/mol. The minimum absolute atomic E-state index is 0.188. The van der Waals surface area contributed by atoms with Crippen LogP contribution in [0.3, 0.4) is 0 Å². The van der Waals surface area contributed by atoms with Gasteiger partial charge in [-0.15, -0.1) is 0 Å². The number of halogens is 3. The van der Waals surface area contributed by atoms with Crippen LogP contribution in [-0.4, -0.2) is 6.03 Å². The van der Waals surface area contributed by atoms with E-state index in [-0.39, 0.29) is 10.7 Å². The third kappa shape index (κ3) is 2.29. The summed E-state index contributed by atoms with van der Waals surface area (Å²) in [6.45, 7) is 0. The van der Waals surface area contributed by atoms with Gasteiger partial charge in [-0.05, 0) is 6.07 Å². The lowest BCUT2D eigenvalue weighted by molar-refractivity contribution is 0.259. The van der Waals surface area contributed by atoms with E-state index in [2.05, 4.69) is 0 Å². The molecule has 0 fully saturated rings. The Morgan fingerprint density at radius 2 is 2.08 bits per heavy atom. The highest BCUT2D eigenvalue weighted by Crippen LogP contribution is 2.25. The van der Waals surface area contributed by atoms with Gasteiger partial charge in [-0.1, -0.05) is 11.6 Å². The fourth-order valence-electron chi connectivity index (χ4n) is 0.780. The number of hydrogen-bond acceptors (Lipinski definition) is 1. The maximum absolute atomic E-state index is 12.7. The molecule has 3 N–H and O–H groups in total. The van der Waals surface area contributed by atoms with Gasteiger partial charge in [0.1, 0.15) is 16.7 Å². The Morgan fingerprint density at radius 1 is 1.46 bits per heavy atom. The van der Waals surface area contributed by atoms with Gasteiger partial charge in [-0.25, -0.2) is 13.6 Å². The van der Waals surface area contributed by atoms with Crippen molar-refractivity contribution in [2.24, 2.45) is 5.73 Å². The third-order valence-electron chi connectivity index (χ3n) is 1.25. The molecule has 0 aromatic heterocycles. The fraction of sp³-hybridized carbons (Fsp3) is 0. The quantitative estimate of drug-likeness (QED) is 0.680. The first-order valence-corrected chi connectivity index (χ1v) is 3.59. The van der Waals surface area contributed by atoms with E-state index in [4.69, 9.17) is 17.3 Å². The molecule has 13 heavy (non-hydrogen) atoms. The molecule has 0 aliphatic rings. The highest BCUT2D eigenvalue weighted by molar-refractivity contribution is 6.33. The van der Waals surface area contributed by atoms with Crippen LogP contribution in [0.25, 0.3) is 0 Å². The molecule has 0 heterocycles. The van der Waals surface area contributed by atoms with Gasteiger partial charge in [0.2, 0.25) is 0 Å². The minimum Gasteiger partial charge on any atom is -0.351 e. The van der Waals surface area contributed by atoms with E-state index in [0.717, 1.165) is 6.07 Å². The first kappa shape index (κ1) is 9.73. The summed E-state index contributed by atoms with van der Waals surface area (Å²) >= 11 is 5.40. The van der Waals surface area contributed by atoms with Gasteiger partial charge in [-0.3, -0.25) is 0 Å². The van der Waals surface area contributed by atoms with Gasteiger partial charge in [0.15, 0.2) is 0 Å². The van der Waals surface area contributed by atoms with E-state index in [1.54, 1.807) is 0 Å². The topological polar surface area (TPSA) is 55.1 Å². The number of anilines is 1. The zero-order valence-corrected chi connectivity index (χ0v) is 7.03. The molecule has 0 bridgehead atoms. The Kier molecular flexibility index (Phi) is 2.67. The van der Waals surface area contributed by atoms with Crippen molar-refractivity contribution in [2.75, 3.05) is 5.32 Å². The molecule has 2 amide bonds. The molecule has 0 aliphatic carbocycles. The van der Waals surface area contributed by atoms with Gasteiger partial charge in [0.05, 0.1) is 5.69 Å². The molecule has 0 saturated carbocycles. The van der Waals surface area contributed by atoms with Crippen LogP contribution in [0.2, 0.25) is 5.02 Å². The molecule has 0 spiro atoms. The maximum Gasteiger partial charge on any atom is 0.316 e. The molecule has 1 rings (SSSR count). The van der Waals surface area contributed by atoms with Crippen molar-refractivity contribution in [1.82, 2.24) is 0 Å². The Hall–Kier alpha value is -1.36. The summed E-state index contributed by atoms with van der Waals surface area (Å²) in [5.41, 5.74) is 4.55. The summed E-state index contributed by atoms with van der Waals surface area (Å²) in [6.07, 6.45) is 0. The number of primary amides is 1. The highest BCUT2D eigenvalue weighted by atomic mass is 35.5. The molecule has 70 valence electrons. The monoisotopic (exact) mass is 206 g/mol. The van der Waals surface area contributed by atoms with Crippen LogP contribution in [0.4, 0.5) is 19.3 Å². The number of nitrogens with two attached hydrogens (primary N) is 1. The Bertz CT molecular complexity index is 357. The summed E-state index contributed by atoms with van der Waals surface area (Å²) in [6, 6.07) is 0.539. The number of carbonyl (C=O) groups excluding carboxylic acids is 1. The SMILES string of the molecule is NC(=O)Nc1cc(F)cc(F)c1Cl. The lowest BCUT2D eigenvalue weighted by atomic mass is 10.3. The van der Waals surface area contributed by atoms with Gasteiger partial charge in [0.25, 0.3) is 0 Å².